The highest BCUT2D eigenvalue weighted by atomic mass is 35.5. The molecule has 3 unspecified atom stereocenters. The highest BCUT2D eigenvalue weighted by Crippen LogP contribution is 2.47. The maximum Gasteiger partial charge on any atom is 0.328 e. The molecule has 4 N–H and O–H groups in total. The molecule has 0 spiro atoms. The zero-order valence-corrected chi connectivity index (χ0v) is 10.6. The van der Waals surface area contributed by atoms with Crippen LogP contribution in [0.15, 0.2) is 0 Å². The number of carboxylic acid groups (broad SMARTS) is 1. The molecule has 96 valence electrons. The van der Waals surface area contributed by atoms with Crippen molar-refractivity contribution in [2.75, 3.05) is 6.54 Å². The topological polar surface area (TPSA) is 107 Å². The van der Waals surface area contributed by atoms with Crippen molar-refractivity contribution in [1.82, 2.24) is 5.32 Å². The lowest BCUT2D eigenvalue weighted by Gasteiger charge is -2.32. The molecule has 0 aliphatic carbocycles. The molecule has 0 saturated carbocycles. The van der Waals surface area contributed by atoms with Gasteiger partial charge in [-0.05, 0) is 25.3 Å². The fraction of sp³-hybridized carbons (Fsp3) is 0.875. The minimum atomic E-state index is -4.10. The van der Waals surface area contributed by atoms with E-state index >= 15 is 0 Å². The van der Waals surface area contributed by atoms with Gasteiger partial charge in [0, 0.05) is 0 Å². The standard InChI is InChI=1S/C8H16NO5P.ClH/c1-5(15(12,13)14)6-2-3-9-7(4-6)8(10)11;/h5-7,9H,2-4H2,1H3,(H,10,11)(H2,12,13,14);1H. The molecule has 3 atom stereocenters. The lowest BCUT2D eigenvalue weighted by atomic mass is 9.90. The number of hydrogen-bond acceptors (Lipinski definition) is 3. The molecular weight excluding hydrogens is 257 g/mol. The maximum atomic E-state index is 11.0. The Kier molecular flexibility index (Phi) is 5.93. The summed E-state index contributed by atoms with van der Waals surface area (Å²) in [6.45, 7) is 1.97. The number of nitrogens with one attached hydrogen (secondary N) is 1. The van der Waals surface area contributed by atoms with Crippen LogP contribution >= 0.6 is 20.0 Å². The first-order valence-corrected chi connectivity index (χ1v) is 6.52. The van der Waals surface area contributed by atoms with Gasteiger partial charge in [-0.3, -0.25) is 9.36 Å². The van der Waals surface area contributed by atoms with Crippen molar-refractivity contribution in [2.45, 2.75) is 31.5 Å². The lowest BCUT2D eigenvalue weighted by molar-refractivity contribution is -0.140. The largest absolute Gasteiger partial charge is 0.480 e. The smallest absolute Gasteiger partial charge is 0.328 e. The van der Waals surface area contributed by atoms with Crippen LogP contribution in [0.5, 0.6) is 0 Å². The van der Waals surface area contributed by atoms with Crippen LogP contribution in [0.2, 0.25) is 0 Å². The van der Waals surface area contributed by atoms with Gasteiger partial charge in [0.15, 0.2) is 0 Å². The van der Waals surface area contributed by atoms with Crippen molar-refractivity contribution in [3.05, 3.63) is 0 Å². The average Bonchev–Trinajstić information content (AvgIpc) is 2.15. The second kappa shape index (κ2) is 5.98. The molecule has 0 aromatic heterocycles. The van der Waals surface area contributed by atoms with E-state index in [4.69, 9.17) is 14.9 Å². The highest BCUT2D eigenvalue weighted by Gasteiger charge is 2.36. The Labute approximate surface area is 100.0 Å². The van der Waals surface area contributed by atoms with Crippen molar-refractivity contribution >= 4 is 26.0 Å². The molecule has 1 fully saturated rings. The van der Waals surface area contributed by atoms with Gasteiger partial charge in [-0.15, -0.1) is 12.4 Å². The average molecular weight is 274 g/mol. The summed E-state index contributed by atoms with van der Waals surface area (Å²) in [5.74, 6) is -1.19. The van der Waals surface area contributed by atoms with E-state index in [1.165, 1.54) is 6.92 Å². The minimum Gasteiger partial charge on any atom is -0.480 e. The lowest BCUT2D eigenvalue weighted by Crippen LogP contribution is -2.45. The highest BCUT2D eigenvalue weighted by molar-refractivity contribution is 7.52. The summed E-state index contributed by atoms with van der Waals surface area (Å²) in [5, 5.41) is 11.6. The molecule has 1 rings (SSSR count). The van der Waals surface area contributed by atoms with Gasteiger partial charge in [0.2, 0.25) is 0 Å². The van der Waals surface area contributed by atoms with Crippen LogP contribution < -0.4 is 5.32 Å². The fourth-order valence-corrected chi connectivity index (χ4v) is 2.67. The second-order valence-corrected chi connectivity index (χ2v) is 5.95. The maximum absolute atomic E-state index is 11.0. The van der Waals surface area contributed by atoms with Crippen LogP contribution in [-0.2, 0) is 9.36 Å². The molecule has 1 saturated heterocycles. The second-order valence-electron chi connectivity index (χ2n) is 3.96. The zero-order valence-electron chi connectivity index (χ0n) is 8.87. The Morgan fingerprint density at radius 2 is 2.06 bits per heavy atom. The van der Waals surface area contributed by atoms with E-state index in [1.807, 2.05) is 0 Å². The summed E-state index contributed by atoms with van der Waals surface area (Å²) in [6.07, 6.45) is 0.887. The number of halogens is 1. The number of hydrogen-bond donors (Lipinski definition) is 4. The summed E-state index contributed by atoms with van der Waals surface area (Å²) >= 11 is 0. The Morgan fingerprint density at radius 1 is 1.50 bits per heavy atom. The molecule has 8 heteroatoms. The first-order valence-electron chi connectivity index (χ1n) is 4.83. The number of aliphatic carboxylic acids is 1. The zero-order chi connectivity index (χ0) is 11.6. The molecule has 0 radical (unpaired) electrons. The number of rotatable bonds is 3. The van der Waals surface area contributed by atoms with Crippen LogP contribution in [-0.4, -0.2) is 39.1 Å². The van der Waals surface area contributed by atoms with E-state index in [-0.39, 0.29) is 24.7 Å². The van der Waals surface area contributed by atoms with Gasteiger partial charge >= 0.3 is 13.6 Å². The predicted octanol–water partition coefficient (Wildman–Crippen LogP) is 0.427. The molecule has 1 aliphatic rings. The fourth-order valence-electron chi connectivity index (χ4n) is 1.85. The molecule has 0 amide bonds. The Hall–Kier alpha value is -0.130. The summed E-state index contributed by atoms with van der Waals surface area (Å²) in [6, 6.07) is -0.683. The van der Waals surface area contributed by atoms with Crippen LogP contribution in [0.3, 0.4) is 0 Å². The van der Waals surface area contributed by atoms with Gasteiger partial charge in [-0.25, -0.2) is 0 Å². The third-order valence-corrected chi connectivity index (χ3v) is 4.44. The molecule has 16 heavy (non-hydrogen) atoms. The van der Waals surface area contributed by atoms with Gasteiger partial charge in [-0.2, -0.15) is 0 Å². The molecule has 0 aromatic carbocycles. The quantitative estimate of drug-likeness (QED) is 0.556. The van der Waals surface area contributed by atoms with Gasteiger partial charge in [-0.1, -0.05) is 6.92 Å². The van der Waals surface area contributed by atoms with Crippen LogP contribution in [0.1, 0.15) is 19.8 Å². The first-order chi connectivity index (χ1) is 6.82. The van der Waals surface area contributed by atoms with Crippen molar-refractivity contribution < 1.29 is 24.3 Å². The van der Waals surface area contributed by atoms with E-state index in [0.29, 0.717) is 13.0 Å². The molecule has 1 heterocycles. The van der Waals surface area contributed by atoms with Gasteiger partial charge < -0.3 is 20.2 Å². The molecular formula is C8H17ClNO5P. The summed E-state index contributed by atoms with van der Waals surface area (Å²) in [5.41, 5.74) is -0.763. The summed E-state index contributed by atoms with van der Waals surface area (Å²) in [7, 11) is -4.10. The van der Waals surface area contributed by atoms with Crippen molar-refractivity contribution in [2.24, 2.45) is 5.92 Å². The van der Waals surface area contributed by atoms with E-state index in [9.17, 15) is 9.36 Å². The number of piperidine rings is 1. The van der Waals surface area contributed by atoms with Gasteiger partial charge in [0.1, 0.15) is 6.04 Å². The summed E-state index contributed by atoms with van der Waals surface area (Å²) < 4.78 is 11.0. The Bertz CT molecular complexity index is 294. The normalized spacial score (nSPS) is 27.9. The molecule has 0 bridgehead atoms. The SMILES string of the molecule is CC(C1CCNC(C(=O)O)C1)P(=O)(O)O.Cl. The third-order valence-electron chi connectivity index (χ3n) is 2.96. The van der Waals surface area contributed by atoms with Crippen LogP contribution in [0.25, 0.3) is 0 Å². The van der Waals surface area contributed by atoms with Crippen molar-refractivity contribution in [3.8, 4) is 0 Å². The predicted molar refractivity (Wildman–Crippen MR) is 60.9 cm³/mol. The Balaban J connectivity index is 0.00000225. The molecule has 1 aliphatic heterocycles. The minimum absolute atomic E-state index is 0. The van der Waals surface area contributed by atoms with Crippen LogP contribution in [0.4, 0.5) is 0 Å². The molecule has 0 aromatic rings. The van der Waals surface area contributed by atoms with E-state index in [2.05, 4.69) is 5.32 Å². The number of carboxylic acids is 1. The van der Waals surface area contributed by atoms with Crippen LogP contribution in [0, 0.1) is 5.92 Å². The summed E-state index contributed by atoms with van der Waals surface area (Å²) in [4.78, 5) is 28.7. The first kappa shape index (κ1) is 15.9. The van der Waals surface area contributed by atoms with Crippen molar-refractivity contribution in [1.29, 1.82) is 0 Å². The number of carbonyl (C=O) groups is 1. The third kappa shape index (κ3) is 4.03. The van der Waals surface area contributed by atoms with E-state index < -0.39 is 25.3 Å². The van der Waals surface area contributed by atoms with Gasteiger partial charge in [0.05, 0.1) is 5.66 Å². The molecule has 6 nitrogen and oxygen atoms in total. The van der Waals surface area contributed by atoms with E-state index in [0.717, 1.165) is 0 Å². The monoisotopic (exact) mass is 273 g/mol. The Morgan fingerprint density at radius 3 is 2.50 bits per heavy atom. The van der Waals surface area contributed by atoms with Gasteiger partial charge in [0.25, 0.3) is 0 Å². The van der Waals surface area contributed by atoms with E-state index in [1.54, 1.807) is 0 Å². The van der Waals surface area contributed by atoms with Crippen molar-refractivity contribution in [3.63, 3.8) is 0 Å².